The molecule has 178 valence electrons. The van der Waals surface area contributed by atoms with Gasteiger partial charge in [-0.1, -0.05) is 11.6 Å². The third kappa shape index (κ3) is 3.75. The van der Waals surface area contributed by atoms with E-state index in [2.05, 4.69) is 36.4 Å². The van der Waals surface area contributed by atoms with Gasteiger partial charge in [-0.15, -0.1) is 0 Å². The number of amides is 1. The van der Waals surface area contributed by atoms with Crippen molar-refractivity contribution in [3.8, 4) is 11.3 Å². The van der Waals surface area contributed by atoms with Gasteiger partial charge in [0.1, 0.15) is 0 Å². The lowest BCUT2D eigenvalue weighted by molar-refractivity contribution is 0.0697. The average molecular weight is 489 g/mol. The Morgan fingerprint density at radius 3 is 2.66 bits per heavy atom. The van der Waals surface area contributed by atoms with Crippen molar-refractivity contribution < 1.29 is 4.79 Å². The van der Waals surface area contributed by atoms with E-state index in [1.165, 1.54) is 0 Å². The molecule has 10 heteroatoms. The number of hydrogen-bond acceptors (Lipinski definition) is 6. The van der Waals surface area contributed by atoms with Gasteiger partial charge >= 0.3 is 0 Å². The number of benzene rings is 1. The summed E-state index contributed by atoms with van der Waals surface area (Å²) in [5.74, 6) is 1.13. The highest BCUT2D eigenvalue weighted by Crippen LogP contribution is 2.40. The number of rotatable bonds is 5. The fraction of sp³-hybridized carbons (Fsp3) is 0.360. The van der Waals surface area contributed by atoms with E-state index in [1.54, 1.807) is 18.3 Å². The van der Waals surface area contributed by atoms with Gasteiger partial charge in [0.05, 0.1) is 34.4 Å². The second-order valence-corrected chi connectivity index (χ2v) is 10.2. The molecule has 3 N–H and O–H groups in total. The fourth-order valence-electron chi connectivity index (χ4n) is 5.31. The summed E-state index contributed by atoms with van der Waals surface area (Å²) in [6, 6.07) is 6.28. The molecule has 3 aliphatic rings. The first-order chi connectivity index (χ1) is 17.1. The molecule has 3 aromatic heterocycles. The van der Waals surface area contributed by atoms with E-state index >= 15 is 0 Å². The minimum Gasteiger partial charge on any atom is -0.337 e. The number of aromatic nitrogens is 5. The molecule has 1 saturated carbocycles. The maximum Gasteiger partial charge on any atom is 0.255 e. The molecule has 7 rings (SSSR count). The largest absolute Gasteiger partial charge is 0.337 e. The molecule has 3 fully saturated rings. The van der Waals surface area contributed by atoms with Gasteiger partial charge in [-0.05, 0) is 43.9 Å². The molecule has 1 aromatic carbocycles. The van der Waals surface area contributed by atoms with Crippen LogP contribution in [0.15, 0.2) is 43.0 Å². The highest BCUT2D eigenvalue weighted by Gasteiger charge is 2.35. The van der Waals surface area contributed by atoms with Gasteiger partial charge in [0.15, 0.2) is 11.5 Å². The number of carbonyl (C=O) groups excluding carboxylic acids is 1. The molecule has 2 bridgehead atoms. The first-order valence-electron chi connectivity index (χ1n) is 12.1. The van der Waals surface area contributed by atoms with Crippen molar-refractivity contribution in [1.82, 2.24) is 34.8 Å². The number of hydrogen-bond donors (Lipinski definition) is 3. The summed E-state index contributed by atoms with van der Waals surface area (Å²) in [5, 5.41) is 14.3. The quantitative estimate of drug-likeness (QED) is 0.393. The number of nitrogens with zero attached hydrogens (tertiary/aromatic N) is 5. The normalized spacial score (nSPS) is 21.6. The second-order valence-electron chi connectivity index (χ2n) is 9.78. The summed E-state index contributed by atoms with van der Waals surface area (Å²) in [7, 11) is 0. The minimum atomic E-state index is -0.00536. The molecule has 1 amide bonds. The Balaban J connectivity index is 1.19. The zero-order valence-corrected chi connectivity index (χ0v) is 19.8. The van der Waals surface area contributed by atoms with E-state index in [4.69, 9.17) is 16.6 Å². The average Bonchev–Trinajstić information content (AvgIpc) is 3.23. The SMILES string of the molecule is O=C(c1ccc(Nc2nc(C3CC3)cn3c(-c4cn[nH]c4)cnc23)cc1Cl)N1C[C@H]2CC[C@@H](C1)N2. The third-order valence-electron chi connectivity index (χ3n) is 7.27. The monoisotopic (exact) mass is 488 g/mol. The Bertz CT molecular complexity index is 1420. The summed E-state index contributed by atoms with van der Waals surface area (Å²) < 4.78 is 2.06. The van der Waals surface area contributed by atoms with Crippen LogP contribution in [0.3, 0.4) is 0 Å². The van der Waals surface area contributed by atoms with Crippen molar-refractivity contribution in [2.45, 2.75) is 43.7 Å². The van der Waals surface area contributed by atoms with Crippen molar-refractivity contribution in [2.75, 3.05) is 18.4 Å². The van der Waals surface area contributed by atoms with Gasteiger partial charge in [-0.3, -0.25) is 14.3 Å². The van der Waals surface area contributed by atoms with E-state index in [9.17, 15) is 4.79 Å². The van der Waals surface area contributed by atoms with Crippen molar-refractivity contribution in [3.05, 3.63) is 59.3 Å². The second kappa shape index (κ2) is 8.07. The molecule has 4 aromatic rings. The van der Waals surface area contributed by atoms with Crippen molar-refractivity contribution in [1.29, 1.82) is 0 Å². The topological polar surface area (TPSA) is 103 Å². The summed E-state index contributed by atoms with van der Waals surface area (Å²) >= 11 is 6.62. The highest BCUT2D eigenvalue weighted by atomic mass is 35.5. The van der Waals surface area contributed by atoms with Crippen LogP contribution < -0.4 is 10.6 Å². The number of likely N-dealkylation sites (tertiary alicyclic amines) is 1. The third-order valence-corrected chi connectivity index (χ3v) is 7.58. The summed E-state index contributed by atoms with van der Waals surface area (Å²) in [5.41, 5.74) is 4.97. The molecule has 9 nitrogen and oxygen atoms in total. The molecular formula is C25H25ClN8O. The summed E-state index contributed by atoms with van der Waals surface area (Å²) in [6.07, 6.45) is 12.1. The minimum absolute atomic E-state index is 0.00536. The Morgan fingerprint density at radius 1 is 1.11 bits per heavy atom. The van der Waals surface area contributed by atoms with Crippen LogP contribution in [0.25, 0.3) is 16.9 Å². The molecule has 2 atom stereocenters. The first kappa shape index (κ1) is 20.9. The van der Waals surface area contributed by atoms with E-state index in [-0.39, 0.29) is 5.91 Å². The Morgan fingerprint density at radius 2 is 1.94 bits per heavy atom. The van der Waals surface area contributed by atoms with Crippen LogP contribution in [0.4, 0.5) is 11.5 Å². The molecule has 0 spiro atoms. The van der Waals surface area contributed by atoms with Crippen molar-refractivity contribution >= 4 is 34.7 Å². The van der Waals surface area contributed by atoms with Gasteiger partial charge in [0, 0.05) is 54.7 Å². The maximum absolute atomic E-state index is 13.2. The lowest BCUT2D eigenvalue weighted by Gasteiger charge is -2.33. The van der Waals surface area contributed by atoms with E-state index in [0.29, 0.717) is 34.4 Å². The Labute approximate surface area is 206 Å². The molecule has 1 aliphatic carbocycles. The first-order valence-corrected chi connectivity index (χ1v) is 12.5. The molecule has 2 saturated heterocycles. The van der Waals surface area contributed by atoms with Gasteiger partial charge in [-0.25, -0.2) is 9.97 Å². The molecular weight excluding hydrogens is 464 g/mol. The number of nitrogens with one attached hydrogen (secondary N) is 3. The van der Waals surface area contributed by atoms with Crippen LogP contribution in [0.1, 0.15) is 47.7 Å². The van der Waals surface area contributed by atoms with Crippen molar-refractivity contribution in [2.24, 2.45) is 0 Å². The lowest BCUT2D eigenvalue weighted by Crippen LogP contribution is -2.53. The van der Waals surface area contributed by atoms with Gasteiger partial charge in [0.25, 0.3) is 5.91 Å². The predicted molar refractivity (Wildman–Crippen MR) is 133 cm³/mol. The van der Waals surface area contributed by atoms with Crippen molar-refractivity contribution in [3.63, 3.8) is 0 Å². The predicted octanol–water partition coefficient (Wildman–Crippen LogP) is 3.97. The fourth-order valence-corrected chi connectivity index (χ4v) is 5.57. The van der Waals surface area contributed by atoms with E-state index in [1.807, 2.05) is 23.4 Å². The number of carbonyl (C=O) groups is 1. The molecule has 2 aliphatic heterocycles. The number of aromatic amines is 1. The summed E-state index contributed by atoms with van der Waals surface area (Å²) in [6.45, 7) is 1.47. The number of imidazole rings is 1. The zero-order chi connectivity index (χ0) is 23.5. The molecule has 0 unspecified atom stereocenters. The number of halogens is 1. The smallest absolute Gasteiger partial charge is 0.255 e. The Hall–Kier alpha value is -3.43. The van der Waals surface area contributed by atoms with E-state index in [0.717, 1.165) is 67.1 Å². The molecule has 5 heterocycles. The van der Waals surface area contributed by atoms with Gasteiger partial charge in [0.2, 0.25) is 0 Å². The standard InChI is InChI=1S/C25H25ClN8O/c26-20-7-16(5-6-19(20)25(35)33-11-17-3-4-18(12-33)30-17)31-23-24-27-10-22(15-8-28-29-9-15)34(24)13-21(32-23)14-1-2-14/h5-10,13-14,17-18,30H,1-4,11-12H2,(H,28,29)(H,31,32)/t17-,18+. The van der Waals surface area contributed by atoms with Gasteiger partial charge in [-0.2, -0.15) is 5.10 Å². The molecule has 0 radical (unpaired) electrons. The van der Waals surface area contributed by atoms with Gasteiger partial charge < -0.3 is 15.5 Å². The zero-order valence-electron chi connectivity index (χ0n) is 19.0. The molecule has 35 heavy (non-hydrogen) atoms. The number of fused-ring (bicyclic) bond motifs is 3. The maximum atomic E-state index is 13.2. The number of H-pyrrole nitrogens is 1. The van der Waals surface area contributed by atoms with Crippen LogP contribution in [0, 0.1) is 0 Å². The number of piperazine rings is 1. The van der Waals surface area contributed by atoms with Crippen LogP contribution in [-0.4, -0.2) is 60.5 Å². The Kier molecular flexibility index (Phi) is 4.82. The van der Waals surface area contributed by atoms with E-state index < -0.39 is 0 Å². The van der Waals surface area contributed by atoms with Crippen LogP contribution in [0.5, 0.6) is 0 Å². The van der Waals surface area contributed by atoms with Crippen LogP contribution >= 0.6 is 11.6 Å². The lowest BCUT2D eigenvalue weighted by atomic mass is 10.1. The highest BCUT2D eigenvalue weighted by molar-refractivity contribution is 6.34. The number of anilines is 2. The van der Waals surface area contributed by atoms with Crippen LogP contribution in [0.2, 0.25) is 5.02 Å². The van der Waals surface area contributed by atoms with Crippen LogP contribution in [-0.2, 0) is 0 Å². The summed E-state index contributed by atoms with van der Waals surface area (Å²) in [4.78, 5) is 24.6.